The summed E-state index contributed by atoms with van der Waals surface area (Å²) in [5.41, 5.74) is 15.0. The molecule has 0 spiro atoms. The predicted octanol–water partition coefficient (Wildman–Crippen LogP) is 4.34. The normalized spacial score (nSPS) is 13.6. The number of amidine groups is 2. The summed E-state index contributed by atoms with van der Waals surface area (Å²) in [4.78, 5) is 4.40. The number of pyridine rings is 1. The van der Waals surface area contributed by atoms with Crippen LogP contribution in [0.1, 0.15) is 40.8 Å². The summed E-state index contributed by atoms with van der Waals surface area (Å²) in [6.45, 7) is 4.26. The van der Waals surface area contributed by atoms with Crippen molar-refractivity contribution < 1.29 is 13.5 Å². The minimum absolute atomic E-state index is 0.0125. The van der Waals surface area contributed by atoms with Crippen molar-refractivity contribution in [3.8, 4) is 5.75 Å². The van der Waals surface area contributed by atoms with E-state index in [1.165, 1.54) is 6.08 Å². The van der Waals surface area contributed by atoms with E-state index in [1.807, 2.05) is 26.0 Å². The molecular weight excluding hydrogens is 438 g/mol. The summed E-state index contributed by atoms with van der Waals surface area (Å²) in [6.07, 6.45) is 3.97. The molecule has 0 fully saturated rings. The molecule has 0 atom stereocenters. The van der Waals surface area contributed by atoms with E-state index in [2.05, 4.69) is 10.3 Å². The molecule has 0 bridgehead atoms. The predicted molar refractivity (Wildman–Crippen MR) is 129 cm³/mol. The van der Waals surface area contributed by atoms with Crippen LogP contribution in [0.5, 0.6) is 5.75 Å². The van der Waals surface area contributed by atoms with Crippen LogP contribution in [0.3, 0.4) is 0 Å². The van der Waals surface area contributed by atoms with Gasteiger partial charge in [0, 0.05) is 31.1 Å². The van der Waals surface area contributed by atoms with Gasteiger partial charge in [0.15, 0.2) is 0 Å². The van der Waals surface area contributed by atoms with Gasteiger partial charge in [-0.15, -0.1) is 0 Å². The Kier molecular flexibility index (Phi) is 7.78. The quantitative estimate of drug-likeness (QED) is 0.277. The minimum atomic E-state index is -0.622. The average molecular weight is 467 g/mol. The standard InChI is InChI=1S/C25H28F2N6O/c1-14-19(12-33-22-7-6-20(26)18(9-21(22)27)10-23(28)29)11-32-15(2)24(14)34-13-16-4-3-5-17(8-16)25(30)31/h3-5,7-9,11,33H,6,10,12-13H2,1-2H3,(H3,28,29)(H3,30,31). The molecule has 1 aliphatic rings. The summed E-state index contributed by atoms with van der Waals surface area (Å²) in [5.74, 6) is -0.757. The minimum Gasteiger partial charge on any atom is -0.487 e. The van der Waals surface area contributed by atoms with Crippen molar-refractivity contribution in [3.05, 3.63) is 93.5 Å². The van der Waals surface area contributed by atoms with Gasteiger partial charge in [0.25, 0.3) is 0 Å². The molecule has 34 heavy (non-hydrogen) atoms. The highest BCUT2D eigenvalue weighted by molar-refractivity contribution is 5.95. The number of aryl methyl sites for hydroxylation is 1. The molecule has 0 unspecified atom stereocenters. The number of halogens is 2. The molecule has 178 valence electrons. The lowest BCUT2D eigenvalue weighted by Gasteiger charge is -2.16. The molecule has 1 aliphatic carbocycles. The third kappa shape index (κ3) is 6.06. The first-order valence-electron chi connectivity index (χ1n) is 10.7. The summed E-state index contributed by atoms with van der Waals surface area (Å²) >= 11 is 0. The molecule has 0 saturated carbocycles. The number of nitrogens with two attached hydrogens (primary N) is 2. The maximum atomic E-state index is 14.7. The monoisotopic (exact) mass is 466 g/mol. The average Bonchev–Trinajstić information content (AvgIpc) is 2.91. The number of hydrogen-bond acceptors (Lipinski definition) is 5. The molecule has 1 aromatic heterocycles. The van der Waals surface area contributed by atoms with Gasteiger partial charge in [0.2, 0.25) is 0 Å². The van der Waals surface area contributed by atoms with Crippen molar-refractivity contribution in [2.45, 2.75) is 39.8 Å². The number of allylic oxidation sites excluding steroid dienone is 4. The molecule has 7 nitrogen and oxygen atoms in total. The molecule has 0 saturated heterocycles. The molecule has 2 aromatic rings. The molecule has 1 aromatic carbocycles. The van der Waals surface area contributed by atoms with Gasteiger partial charge < -0.3 is 21.5 Å². The fraction of sp³-hybridized carbons (Fsp3) is 0.240. The van der Waals surface area contributed by atoms with E-state index in [0.717, 1.165) is 22.8 Å². The first kappa shape index (κ1) is 24.6. The highest BCUT2D eigenvalue weighted by Gasteiger charge is 2.16. The highest BCUT2D eigenvalue weighted by Crippen LogP contribution is 2.28. The molecule has 7 N–H and O–H groups in total. The molecule has 9 heteroatoms. The van der Waals surface area contributed by atoms with Crippen LogP contribution in [0.4, 0.5) is 8.78 Å². The van der Waals surface area contributed by atoms with Crippen molar-refractivity contribution in [2.75, 3.05) is 0 Å². The SMILES string of the molecule is Cc1ncc(CNC2=CCC(F)=C(CC(=N)N)C=C2F)c(C)c1OCc1cccc(C(=N)N)c1. The van der Waals surface area contributed by atoms with Gasteiger partial charge >= 0.3 is 0 Å². The third-order valence-corrected chi connectivity index (χ3v) is 5.43. The van der Waals surface area contributed by atoms with Gasteiger partial charge in [-0.2, -0.15) is 0 Å². The first-order chi connectivity index (χ1) is 16.2. The fourth-order valence-electron chi connectivity index (χ4n) is 3.55. The van der Waals surface area contributed by atoms with E-state index in [4.69, 9.17) is 27.0 Å². The lowest BCUT2D eigenvalue weighted by molar-refractivity contribution is 0.300. The van der Waals surface area contributed by atoms with E-state index in [9.17, 15) is 8.78 Å². The summed E-state index contributed by atoms with van der Waals surface area (Å²) in [5, 5.41) is 17.9. The number of hydrogen-bond donors (Lipinski definition) is 5. The van der Waals surface area contributed by atoms with Gasteiger partial charge in [0.1, 0.15) is 29.8 Å². The van der Waals surface area contributed by atoms with Crippen LogP contribution in [-0.2, 0) is 13.2 Å². The van der Waals surface area contributed by atoms with E-state index in [0.29, 0.717) is 17.0 Å². The second-order valence-electron chi connectivity index (χ2n) is 8.03. The molecular formula is C25H28F2N6O. The Hall–Kier alpha value is -4.01. The van der Waals surface area contributed by atoms with Crippen LogP contribution in [0.15, 0.2) is 65.5 Å². The third-order valence-electron chi connectivity index (χ3n) is 5.43. The Morgan fingerprint density at radius 1 is 1.21 bits per heavy atom. The van der Waals surface area contributed by atoms with Crippen LogP contribution < -0.4 is 21.5 Å². The first-order valence-corrected chi connectivity index (χ1v) is 10.7. The Morgan fingerprint density at radius 2 is 1.97 bits per heavy atom. The highest BCUT2D eigenvalue weighted by atomic mass is 19.1. The van der Waals surface area contributed by atoms with Crippen LogP contribution in [0, 0.1) is 24.7 Å². The van der Waals surface area contributed by atoms with Crippen LogP contribution in [0.25, 0.3) is 0 Å². The Bertz CT molecular complexity index is 1220. The molecule has 3 rings (SSSR count). The van der Waals surface area contributed by atoms with Crippen molar-refractivity contribution >= 4 is 11.7 Å². The molecule has 1 heterocycles. The van der Waals surface area contributed by atoms with Crippen LogP contribution in [0.2, 0.25) is 0 Å². The smallest absolute Gasteiger partial charge is 0.146 e. The zero-order valence-electron chi connectivity index (χ0n) is 19.1. The van der Waals surface area contributed by atoms with Crippen molar-refractivity contribution in [2.24, 2.45) is 11.5 Å². The summed E-state index contributed by atoms with van der Waals surface area (Å²) < 4.78 is 34.9. The zero-order chi connectivity index (χ0) is 24.8. The Labute approximate surface area is 197 Å². The largest absolute Gasteiger partial charge is 0.487 e. The lowest BCUT2D eigenvalue weighted by Crippen LogP contribution is -2.15. The number of ether oxygens (including phenoxy) is 1. The Balaban J connectivity index is 1.72. The van der Waals surface area contributed by atoms with E-state index in [1.54, 1.807) is 18.3 Å². The van der Waals surface area contributed by atoms with Gasteiger partial charge in [-0.25, -0.2) is 8.78 Å². The second-order valence-corrected chi connectivity index (χ2v) is 8.03. The number of nitrogens with zero attached hydrogens (tertiary/aromatic N) is 1. The molecule has 0 aliphatic heterocycles. The fourth-order valence-corrected chi connectivity index (χ4v) is 3.55. The van der Waals surface area contributed by atoms with Crippen LogP contribution >= 0.6 is 0 Å². The number of rotatable bonds is 9. The Morgan fingerprint density at radius 3 is 2.68 bits per heavy atom. The van der Waals surface area contributed by atoms with E-state index >= 15 is 0 Å². The number of nitrogens with one attached hydrogen (secondary N) is 3. The number of nitrogen functional groups attached to an aromatic ring is 1. The maximum absolute atomic E-state index is 14.7. The van der Waals surface area contributed by atoms with E-state index in [-0.39, 0.29) is 48.9 Å². The zero-order valence-corrected chi connectivity index (χ0v) is 19.1. The molecule has 0 amide bonds. The second kappa shape index (κ2) is 10.7. The van der Waals surface area contributed by atoms with Gasteiger partial charge in [0.05, 0.1) is 17.2 Å². The van der Waals surface area contributed by atoms with Crippen LogP contribution in [-0.4, -0.2) is 16.7 Å². The van der Waals surface area contributed by atoms with Crippen molar-refractivity contribution in [3.63, 3.8) is 0 Å². The number of benzene rings is 1. The van der Waals surface area contributed by atoms with E-state index < -0.39 is 11.7 Å². The van der Waals surface area contributed by atoms with Gasteiger partial charge in [-0.1, -0.05) is 24.3 Å². The topological polar surface area (TPSA) is 134 Å². The molecule has 0 radical (unpaired) electrons. The van der Waals surface area contributed by atoms with Crippen molar-refractivity contribution in [1.82, 2.24) is 10.3 Å². The lowest BCUT2D eigenvalue weighted by atomic mass is 10.1. The van der Waals surface area contributed by atoms with Gasteiger partial charge in [-0.05, 0) is 48.3 Å². The van der Waals surface area contributed by atoms with Gasteiger partial charge in [-0.3, -0.25) is 15.8 Å². The maximum Gasteiger partial charge on any atom is 0.146 e. The summed E-state index contributed by atoms with van der Waals surface area (Å²) in [7, 11) is 0. The number of aromatic nitrogens is 1. The summed E-state index contributed by atoms with van der Waals surface area (Å²) in [6, 6.07) is 7.26. The van der Waals surface area contributed by atoms with Crippen molar-refractivity contribution in [1.29, 1.82) is 10.8 Å².